The first-order valence-corrected chi connectivity index (χ1v) is 8.59. The van der Waals surface area contributed by atoms with Crippen molar-refractivity contribution in [3.8, 4) is 0 Å². The van der Waals surface area contributed by atoms with Crippen molar-refractivity contribution in [1.82, 2.24) is 10.7 Å². The fourth-order valence-corrected chi connectivity index (χ4v) is 2.52. The minimum atomic E-state index is 0.533. The minimum absolute atomic E-state index is 0.533. The van der Waals surface area contributed by atoms with Crippen LogP contribution < -0.4 is 15.6 Å². The van der Waals surface area contributed by atoms with Crippen molar-refractivity contribution in [3.05, 3.63) is 65.7 Å². The van der Waals surface area contributed by atoms with Crippen LogP contribution in [0.3, 0.4) is 0 Å². The molecule has 2 rings (SSSR count). The molecular weight excluding hydrogens is 316 g/mol. The van der Waals surface area contributed by atoms with E-state index in [-0.39, 0.29) is 0 Å². The third-order valence-corrected chi connectivity index (χ3v) is 3.81. The molecule has 0 aliphatic heterocycles. The van der Waals surface area contributed by atoms with E-state index in [2.05, 4.69) is 76.2 Å². The number of nitrogens with one attached hydrogen (secondary N) is 2. The summed E-state index contributed by atoms with van der Waals surface area (Å²) in [5.74, 6) is 0. The molecule has 0 bridgehead atoms. The number of benzene rings is 2. The molecular formula is C19H24N4S. The molecule has 2 N–H and O–H groups in total. The van der Waals surface area contributed by atoms with Gasteiger partial charge in [-0.15, -0.1) is 0 Å². The van der Waals surface area contributed by atoms with Crippen LogP contribution in [0, 0.1) is 0 Å². The second kappa shape index (κ2) is 9.67. The first kappa shape index (κ1) is 17.9. The average Bonchev–Trinajstić information content (AvgIpc) is 2.61. The highest BCUT2D eigenvalue weighted by Crippen LogP contribution is 2.17. The van der Waals surface area contributed by atoms with Gasteiger partial charge in [0.05, 0.1) is 6.21 Å². The highest BCUT2D eigenvalue weighted by atomic mass is 32.1. The summed E-state index contributed by atoms with van der Waals surface area (Å²) in [6.07, 6.45) is 1.76. The van der Waals surface area contributed by atoms with E-state index in [1.165, 1.54) is 11.3 Å². The fraction of sp³-hybridized carbons (Fsp3) is 0.263. The molecule has 2 aromatic rings. The van der Waals surface area contributed by atoms with E-state index >= 15 is 0 Å². The molecule has 24 heavy (non-hydrogen) atoms. The summed E-state index contributed by atoms with van der Waals surface area (Å²) < 4.78 is 0. The van der Waals surface area contributed by atoms with Gasteiger partial charge in [-0.2, -0.15) is 5.10 Å². The van der Waals surface area contributed by atoms with Crippen molar-refractivity contribution in [2.24, 2.45) is 5.10 Å². The fourth-order valence-electron chi connectivity index (χ4n) is 2.33. The zero-order chi connectivity index (χ0) is 17.2. The Morgan fingerprint density at radius 3 is 2.42 bits per heavy atom. The average molecular weight is 340 g/mol. The second-order valence-electron chi connectivity index (χ2n) is 5.32. The molecule has 0 spiro atoms. The number of hydrogen-bond donors (Lipinski definition) is 2. The summed E-state index contributed by atoms with van der Waals surface area (Å²) in [5.41, 5.74) is 6.34. The molecule has 0 amide bonds. The number of thiocarbonyl (C=S) groups is 1. The molecule has 0 aliphatic rings. The van der Waals surface area contributed by atoms with E-state index in [1.807, 2.05) is 13.0 Å². The highest BCUT2D eigenvalue weighted by Gasteiger charge is 2.04. The van der Waals surface area contributed by atoms with Crippen LogP contribution in [0.15, 0.2) is 59.7 Å². The van der Waals surface area contributed by atoms with Crippen molar-refractivity contribution in [1.29, 1.82) is 0 Å². The van der Waals surface area contributed by atoms with Crippen LogP contribution in [0.25, 0.3) is 0 Å². The van der Waals surface area contributed by atoms with E-state index in [4.69, 9.17) is 12.2 Å². The first-order valence-electron chi connectivity index (χ1n) is 8.18. The van der Waals surface area contributed by atoms with Gasteiger partial charge in [-0.1, -0.05) is 42.5 Å². The van der Waals surface area contributed by atoms with E-state index in [9.17, 15) is 0 Å². The maximum absolute atomic E-state index is 5.06. The van der Waals surface area contributed by atoms with E-state index in [1.54, 1.807) is 6.21 Å². The lowest BCUT2D eigenvalue weighted by molar-refractivity contribution is 0.832. The summed E-state index contributed by atoms with van der Waals surface area (Å²) >= 11 is 5.06. The molecule has 5 heteroatoms. The Balaban J connectivity index is 1.97. The lowest BCUT2D eigenvalue weighted by Crippen LogP contribution is -2.31. The highest BCUT2D eigenvalue weighted by molar-refractivity contribution is 7.80. The van der Waals surface area contributed by atoms with Gasteiger partial charge in [0.25, 0.3) is 0 Å². The molecule has 0 saturated carbocycles. The third kappa shape index (κ3) is 5.66. The SMILES string of the molecule is CCNC(=S)NN=Cc1ccc(N(CC)Cc2ccccc2)cc1. The Hall–Kier alpha value is -2.40. The van der Waals surface area contributed by atoms with Crippen LogP contribution >= 0.6 is 12.2 Å². The maximum atomic E-state index is 5.06. The molecule has 0 fully saturated rings. The number of rotatable bonds is 7. The van der Waals surface area contributed by atoms with E-state index in [0.29, 0.717) is 5.11 Å². The number of anilines is 1. The minimum Gasteiger partial charge on any atom is -0.367 e. The normalized spacial score (nSPS) is 10.6. The lowest BCUT2D eigenvalue weighted by Gasteiger charge is -2.23. The predicted octanol–water partition coefficient (Wildman–Crippen LogP) is 3.53. The van der Waals surface area contributed by atoms with Crippen molar-refractivity contribution in [3.63, 3.8) is 0 Å². The van der Waals surface area contributed by atoms with Gasteiger partial charge in [-0.3, -0.25) is 5.43 Å². The second-order valence-corrected chi connectivity index (χ2v) is 5.73. The van der Waals surface area contributed by atoms with Gasteiger partial charge in [-0.25, -0.2) is 0 Å². The van der Waals surface area contributed by atoms with Crippen molar-refractivity contribution in [2.75, 3.05) is 18.0 Å². The summed E-state index contributed by atoms with van der Waals surface area (Å²) in [7, 11) is 0. The summed E-state index contributed by atoms with van der Waals surface area (Å²) in [4.78, 5) is 2.34. The zero-order valence-corrected chi connectivity index (χ0v) is 15.0. The van der Waals surface area contributed by atoms with Crippen LogP contribution in [-0.2, 0) is 6.54 Å². The Labute approximate surface area is 149 Å². The largest absolute Gasteiger partial charge is 0.367 e. The molecule has 126 valence electrons. The van der Waals surface area contributed by atoms with Crippen LogP contribution in [0.2, 0.25) is 0 Å². The summed E-state index contributed by atoms with van der Waals surface area (Å²) in [6, 6.07) is 18.9. The Kier molecular flexibility index (Phi) is 7.23. The summed E-state index contributed by atoms with van der Waals surface area (Å²) in [5, 5.41) is 7.65. The van der Waals surface area contributed by atoms with Crippen molar-refractivity contribution < 1.29 is 0 Å². The van der Waals surface area contributed by atoms with Gasteiger partial charge in [0.1, 0.15) is 0 Å². The smallest absolute Gasteiger partial charge is 0.186 e. The predicted molar refractivity (Wildman–Crippen MR) is 107 cm³/mol. The standard InChI is InChI=1S/C19H24N4S/c1-3-20-19(24)22-21-14-16-10-12-18(13-11-16)23(4-2)15-17-8-6-5-7-9-17/h5-14H,3-4,15H2,1-2H3,(H2,20,22,24). The molecule has 0 radical (unpaired) electrons. The quantitative estimate of drug-likeness (QED) is 0.459. The topological polar surface area (TPSA) is 39.7 Å². The first-order chi connectivity index (χ1) is 11.7. The molecule has 0 aliphatic carbocycles. The Morgan fingerprint density at radius 1 is 1.08 bits per heavy atom. The summed E-state index contributed by atoms with van der Waals surface area (Å²) in [6.45, 7) is 6.81. The molecule has 0 aromatic heterocycles. The molecule has 0 saturated heterocycles. The van der Waals surface area contributed by atoms with E-state index in [0.717, 1.165) is 25.2 Å². The van der Waals surface area contributed by atoms with Crippen LogP contribution in [0.1, 0.15) is 25.0 Å². The molecule has 0 heterocycles. The van der Waals surface area contributed by atoms with E-state index < -0.39 is 0 Å². The number of hydrazone groups is 1. The van der Waals surface area contributed by atoms with Gasteiger partial charge >= 0.3 is 0 Å². The van der Waals surface area contributed by atoms with Crippen LogP contribution in [0.4, 0.5) is 5.69 Å². The monoisotopic (exact) mass is 340 g/mol. The van der Waals surface area contributed by atoms with Crippen molar-refractivity contribution >= 4 is 29.2 Å². The van der Waals surface area contributed by atoms with Crippen LogP contribution in [-0.4, -0.2) is 24.4 Å². The zero-order valence-electron chi connectivity index (χ0n) is 14.2. The van der Waals surface area contributed by atoms with Crippen molar-refractivity contribution in [2.45, 2.75) is 20.4 Å². The van der Waals surface area contributed by atoms with Gasteiger partial charge in [0, 0.05) is 25.3 Å². The third-order valence-electron chi connectivity index (χ3n) is 3.57. The lowest BCUT2D eigenvalue weighted by atomic mass is 10.1. The van der Waals surface area contributed by atoms with Gasteiger partial charge in [0.2, 0.25) is 0 Å². The molecule has 0 unspecified atom stereocenters. The van der Waals surface area contributed by atoms with Gasteiger partial charge in [-0.05, 0) is 49.3 Å². The molecule has 0 atom stereocenters. The Bertz CT molecular complexity index is 653. The maximum Gasteiger partial charge on any atom is 0.186 e. The number of hydrogen-bond acceptors (Lipinski definition) is 3. The molecule has 4 nitrogen and oxygen atoms in total. The molecule has 2 aromatic carbocycles. The van der Waals surface area contributed by atoms with Crippen LogP contribution in [0.5, 0.6) is 0 Å². The number of nitrogens with zero attached hydrogens (tertiary/aromatic N) is 2. The van der Waals surface area contributed by atoms with Gasteiger partial charge in [0.15, 0.2) is 5.11 Å². The Morgan fingerprint density at radius 2 is 1.79 bits per heavy atom. The van der Waals surface area contributed by atoms with Gasteiger partial charge < -0.3 is 10.2 Å².